The normalized spacial score (nSPS) is 13.8. The fraction of sp³-hybridized carbons (Fsp3) is 0.586. The van der Waals surface area contributed by atoms with E-state index in [0.717, 1.165) is 6.42 Å². The van der Waals surface area contributed by atoms with Crippen molar-refractivity contribution >= 4 is 3.27 Å². The molecule has 0 aliphatic heterocycles. The molecule has 175 valence electrons. The first-order valence-electron chi connectivity index (χ1n) is 11.4. The summed E-state index contributed by atoms with van der Waals surface area (Å²) in [6.07, 6.45) is 1.09. The van der Waals surface area contributed by atoms with Crippen LogP contribution in [0, 0.1) is 0 Å². The molecule has 3 rings (SSSR count). The van der Waals surface area contributed by atoms with E-state index in [1.54, 1.807) is 39.1 Å². The minimum Gasteiger partial charge on any atom is -1.00 e. The predicted molar refractivity (Wildman–Crippen MR) is 129 cm³/mol. The number of halogens is 2. The summed E-state index contributed by atoms with van der Waals surface area (Å²) in [4.78, 5) is 0. The van der Waals surface area contributed by atoms with Crippen molar-refractivity contribution in [3.63, 3.8) is 0 Å². The molecule has 0 saturated heterocycles. The Labute approximate surface area is 225 Å². The van der Waals surface area contributed by atoms with E-state index >= 15 is 0 Å². The van der Waals surface area contributed by atoms with Crippen LogP contribution in [0.5, 0.6) is 0 Å². The summed E-state index contributed by atoms with van der Waals surface area (Å²) in [6, 6.07) is 7.64. The van der Waals surface area contributed by atoms with Crippen LogP contribution in [-0.2, 0) is 52.8 Å². The van der Waals surface area contributed by atoms with E-state index < -0.39 is 0 Å². The van der Waals surface area contributed by atoms with Crippen LogP contribution in [0.4, 0.5) is 0 Å². The summed E-state index contributed by atoms with van der Waals surface area (Å²) in [6.45, 7) is 28.4. The average Bonchev–Trinajstić information content (AvgIpc) is 2.88. The van der Waals surface area contributed by atoms with Gasteiger partial charge in [-0.15, -0.1) is 0 Å². The van der Waals surface area contributed by atoms with Crippen LogP contribution in [-0.4, -0.2) is 0 Å². The molecule has 32 heavy (non-hydrogen) atoms. The Bertz CT molecular complexity index is 1000. The van der Waals surface area contributed by atoms with Gasteiger partial charge in [0, 0.05) is 0 Å². The number of benzene rings is 2. The van der Waals surface area contributed by atoms with Gasteiger partial charge in [0.05, 0.1) is 0 Å². The van der Waals surface area contributed by atoms with Gasteiger partial charge in [0.25, 0.3) is 0 Å². The van der Waals surface area contributed by atoms with Crippen molar-refractivity contribution < 1.29 is 49.5 Å². The van der Waals surface area contributed by atoms with Crippen molar-refractivity contribution in [2.75, 3.05) is 0 Å². The minimum absolute atomic E-state index is 0. The number of fused-ring (bicyclic) bond motifs is 3. The number of hydrogen-bond acceptors (Lipinski definition) is 0. The molecule has 0 fully saturated rings. The third-order valence-corrected chi connectivity index (χ3v) is 7.87. The second-order valence-corrected chi connectivity index (χ2v) is 14.7. The van der Waals surface area contributed by atoms with Crippen LogP contribution >= 0.6 is 0 Å². The van der Waals surface area contributed by atoms with E-state index in [-0.39, 0.29) is 46.5 Å². The van der Waals surface area contributed by atoms with Gasteiger partial charge in [-0.2, -0.15) is 0 Å². The molecule has 0 aromatic heterocycles. The molecular weight excluding hydrogens is 510 g/mol. The van der Waals surface area contributed by atoms with Crippen LogP contribution in [0.15, 0.2) is 18.2 Å². The first-order valence-corrected chi connectivity index (χ1v) is 12.7. The maximum atomic E-state index is 2.55. The Kier molecular flexibility index (Phi) is 8.58. The van der Waals surface area contributed by atoms with E-state index in [0.29, 0.717) is 0 Å². The summed E-state index contributed by atoms with van der Waals surface area (Å²) in [7, 11) is 0. The Balaban J connectivity index is 0.00000256. The first kappa shape index (κ1) is 29.9. The maximum absolute atomic E-state index is 2.55. The fourth-order valence-corrected chi connectivity index (χ4v) is 6.79. The quantitative estimate of drug-likeness (QED) is 0.399. The van der Waals surface area contributed by atoms with Gasteiger partial charge in [0.2, 0.25) is 0 Å². The van der Waals surface area contributed by atoms with Crippen molar-refractivity contribution in [1.29, 1.82) is 0 Å². The summed E-state index contributed by atoms with van der Waals surface area (Å²) in [5, 5.41) is 0. The first-order chi connectivity index (χ1) is 13.3. The smallest absolute Gasteiger partial charge is 1.00 e. The van der Waals surface area contributed by atoms with Crippen LogP contribution in [0.25, 0.3) is 11.1 Å². The van der Waals surface area contributed by atoms with E-state index in [1.165, 1.54) is 33.4 Å². The molecule has 2 aromatic rings. The van der Waals surface area contributed by atoms with E-state index in [9.17, 15) is 0 Å². The van der Waals surface area contributed by atoms with Crippen LogP contribution in [0.2, 0.25) is 0 Å². The van der Waals surface area contributed by atoms with Crippen LogP contribution in [0.3, 0.4) is 0 Å². The molecule has 0 amide bonds. The summed E-state index contributed by atoms with van der Waals surface area (Å²) in [5.74, 6) is 0. The van der Waals surface area contributed by atoms with Crippen molar-refractivity contribution in [3.8, 4) is 11.1 Å². The summed E-state index contributed by atoms with van der Waals surface area (Å²) < 4.78 is 1.60. The van der Waals surface area contributed by atoms with Crippen LogP contribution in [0.1, 0.15) is 116 Å². The van der Waals surface area contributed by atoms with Crippen molar-refractivity contribution in [2.24, 2.45) is 0 Å². The number of rotatable bonds is 0. The fourth-order valence-electron chi connectivity index (χ4n) is 4.99. The largest absolute Gasteiger partial charge is 1.00 e. The molecule has 3 heteroatoms. The van der Waals surface area contributed by atoms with Gasteiger partial charge in [0.1, 0.15) is 0 Å². The molecule has 0 heterocycles. The molecule has 1 aliphatic carbocycles. The monoisotopic (exact) mass is 549 g/mol. The molecule has 0 unspecified atom stereocenters. The molecule has 0 spiro atoms. The van der Waals surface area contributed by atoms with Crippen LogP contribution < -0.4 is 28.1 Å². The topological polar surface area (TPSA) is 0 Å². The van der Waals surface area contributed by atoms with Crippen molar-refractivity contribution in [2.45, 2.75) is 111 Å². The minimum atomic E-state index is 0. The molecule has 0 N–H and O–H groups in total. The molecule has 0 saturated carbocycles. The molecule has 0 nitrogen and oxygen atoms in total. The van der Waals surface area contributed by atoms with Gasteiger partial charge in [0.15, 0.2) is 0 Å². The molecular formula is C29H41Cl2Zr. The number of hydrogen-bond donors (Lipinski definition) is 0. The van der Waals surface area contributed by atoms with Crippen molar-refractivity contribution in [3.05, 3.63) is 51.6 Å². The van der Waals surface area contributed by atoms with Gasteiger partial charge in [-0.3, -0.25) is 0 Å². The molecule has 2 aromatic carbocycles. The molecule has 0 bridgehead atoms. The Morgan fingerprint density at radius 2 is 0.969 bits per heavy atom. The van der Waals surface area contributed by atoms with E-state index in [1.807, 2.05) is 0 Å². The zero-order valence-electron chi connectivity index (χ0n) is 22.2. The standard InChI is InChI=1S/C29H41.2ClH.Zr/c1-26(2,3)22-14-18-13-19-15-23(27(4,5)6)25(29(10,11)12)17-21(19)20(18)16-24(22)28(7,8)9;;;/h14,16-17H,13H2,1-12H3;2*1H;/q;;;+2/p-2. The summed E-state index contributed by atoms with van der Waals surface area (Å²) in [5.41, 5.74) is 12.8. The summed E-state index contributed by atoms with van der Waals surface area (Å²) >= 11 is 1.55. The third-order valence-electron chi connectivity index (χ3n) is 6.51. The Hall–Kier alpha value is -0.0969. The Morgan fingerprint density at radius 3 is 1.38 bits per heavy atom. The van der Waals surface area contributed by atoms with E-state index in [4.69, 9.17) is 0 Å². The van der Waals surface area contributed by atoms with Gasteiger partial charge < -0.3 is 24.8 Å². The van der Waals surface area contributed by atoms with Gasteiger partial charge in [-0.05, 0) is 0 Å². The van der Waals surface area contributed by atoms with Gasteiger partial charge in [-0.25, -0.2) is 0 Å². The maximum Gasteiger partial charge on any atom is -1.00 e. The van der Waals surface area contributed by atoms with Gasteiger partial charge in [-0.1, -0.05) is 0 Å². The SMILES string of the molecule is CC(C)(C)c1cc2c(cc1C(C)(C)C)-c1cc(C(C)(C)C)c(C(C)(C)C)[c]([Zr+2])c1C2.[Cl-].[Cl-]. The Morgan fingerprint density at radius 1 is 0.562 bits per heavy atom. The van der Waals surface area contributed by atoms with Gasteiger partial charge >= 0.3 is 202 Å². The second-order valence-electron chi connectivity index (χ2n) is 13.4. The third kappa shape index (κ3) is 5.42. The van der Waals surface area contributed by atoms with E-state index in [2.05, 4.69) is 101 Å². The molecule has 0 radical (unpaired) electrons. The average molecular weight is 552 g/mol. The molecule has 1 aliphatic rings. The predicted octanol–water partition coefficient (Wildman–Crippen LogP) is 1.63. The zero-order valence-corrected chi connectivity index (χ0v) is 26.2. The van der Waals surface area contributed by atoms with Crippen molar-refractivity contribution in [1.82, 2.24) is 0 Å². The zero-order chi connectivity index (χ0) is 23.0. The second kappa shape index (κ2) is 9.17. The molecule has 0 atom stereocenters.